The van der Waals surface area contributed by atoms with E-state index in [-0.39, 0.29) is 10.8 Å². The van der Waals surface area contributed by atoms with Crippen molar-refractivity contribution in [3.8, 4) is 44.5 Å². The van der Waals surface area contributed by atoms with E-state index in [4.69, 9.17) is 0 Å². The molecule has 0 unspecified atom stereocenters. The van der Waals surface area contributed by atoms with Gasteiger partial charge in [0.15, 0.2) is 0 Å². The highest BCUT2D eigenvalue weighted by atomic mass is 32.1. The van der Waals surface area contributed by atoms with Crippen molar-refractivity contribution in [2.75, 3.05) is 4.90 Å². The molecule has 0 N–H and O–H groups in total. The number of nitrogens with zero attached hydrogens (tertiary/aromatic N) is 1. The van der Waals surface area contributed by atoms with Crippen molar-refractivity contribution in [2.24, 2.45) is 0 Å². The topological polar surface area (TPSA) is 3.24 Å². The summed E-state index contributed by atoms with van der Waals surface area (Å²) in [6.07, 6.45) is 1.12. The molecule has 70 heavy (non-hydrogen) atoms. The minimum Gasteiger partial charge on any atom is -0.309 e. The van der Waals surface area contributed by atoms with Gasteiger partial charge in [0.2, 0.25) is 0 Å². The van der Waals surface area contributed by atoms with Crippen molar-refractivity contribution in [1.29, 1.82) is 0 Å². The van der Waals surface area contributed by atoms with E-state index in [0.717, 1.165) is 17.8 Å². The van der Waals surface area contributed by atoms with Gasteiger partial charge < -0.3 is 4.90 Å². The molecule has 13 rings (SSSR count). The number of rotatable bonds is 8. The second kappa shape index (κ2) is 16.2. The molecule has 1 aromatic heterocycles. The van der Waals surface area contributed by atoms with E-state index >= 15 is 0 Å². The summed E-state index contributed by atoms with van der Waals surface area (Å²) in [4.78, 5) is 2.45. The molecule has 2 aliphatic carbocycles. The smallest absolute Gasteiger partial charge is 0.0713 e. The van der Waals surface area contributed by atoms with Gasteiger partial charge in [-0.05, 0) is 144 Å². The highest BCUT2D eigenvalue weighted by Gasteiger charge is 2.50. The summed E-state index contributed by atoms with van der Waals surface area (Å²) < 4.78 is 2.58. The molecule has 0 saturated heterocycles. The minimum absolute atomic E-state index is 0.0545. The molecule has 10 aromatic carbocycles. The number of benzene rings is 10. The maximum atomic E-state index is 2.62. The lowest BCUT2D eigenvalue weighted by molar-refractivity contribution is 0.403. The summed E-state index contributed by atoms with van der Waals surface area (Å²) in [5.41, 5.74) is 21.2. The summed E-state index contributed by atoms with van der Waals surface area (Å²) in [6, 6.07) is 88.5. The van der Waals surface area contributed by atoms with Crippen LogP contribution < -0.4 is 4.90 Å². The van der Waals surface area contributed by atoms with Crippen molar-refractivity contribution in [3.05, 3.63) is 270 Å². The quantitative estimate of drug-likeness (QED) is 0.147. The second-order valence-electron chi connectivity index (χ2n) is 20.7. The first-order chi connectivity index (χ1) is 34.2. The summed E-state index contributed by atoms with van der Waals surface area (Å²) >= 11 is 1.87. The molecule has 1 nitrogen and oxygen atoms in total. The summed E-state index contributed by atoms with van der Waals surface area (Å²) in [7, 11) is 0. The predicted molar refractivity (Wildman–Crippen MR) is 298 cm³/mol. The molecule has 2 aliphatic rings. The predicted octanol–water partition coefficient (Wildman–Crippen LogP) is 18.8. The monoisotopic (exact) mass is 915 g/mol. The largest absolute Gasteiger partial charge is 0.309 e. The summed E-state index contributed by atoms with van der Waals surface area (Å²) in [6.45, 7) is 9.77. The number of fused-ring (bicyclic) bond motifs is 7. The number of hydrogen-bond acceptors (Lipinski definition) is 2. The molecule has 2 heteroatoms. The van der Waals surface area contributed by atoms with Crippen LogP contribution in [-0.2, 0) is 16.2 Å². The first-order valence-corrected chi connectivity index (χ1v) is 25.5. The van der Waals surface area contributed by atoms with Gasteiger partial charge in [-0.1, -0.05) is 216 Å². The average molecular weight is 916 g/mol. The van der Waals surface area contributed by atoms with Gasteiger partial charge in [-0.2, -0.15) is 0 Å². The fraction of sp³-hybridized carbons (Fsp3) is 0.118. The number of thiophene rings is 1. The molecule has 1 heterocycles. The van der Waals surface area contributed by atoms with Crippen LogP contribution in [0.4, 0.5) is 17.1 Å². The average Bonchev–Trinajstić information content (AvgIpc) is 4.00. The zero-order chi connectivity index (χ0) is 47.2. The Balaban J connectivity index is 0.984. The Morgan fingerprint density at radius 1 is 0.371 bits per heavy atom. The van der Waals surface area contributed by atoms with Crippen LogP contribution in [0.5, 0.6) is 0 Å². The Labute approximate surface area is 416 Å². The summed E-state index contributed by atoms with van der Waals surface area (Å²) in [5.74, 6) is 0. The molecule has 0 saturated carbocycles. The van der Waals surface area contributed by atoms with Gasteiger partial charge in [0.25, 0.3) is 0 Å². The lowest BCUT2D eigenvalue weighted by Crippen LogP contribution is -2.29. The Kier molecular flexibility index (Phi) is 9.77. The van der Waals surface area contributed by atoms with E-state index in [1.165, 1.54) is 104 Å². The van der Waals surface area contributed by atoms with Crippen LogP contribution in [0.25, 0.3) is 64.7 Å². The van der Waals surface area contributed by atoms with E-state index in [0.29, 0.717) is 0 Å². The fourth-order valence-corrected chi connectivity index (χ4v) is 13.9. The van der Waals surface area contributed by atoms with E-state index in [1.54, 1.807) is 0 Å². The molecule has 0 amide bonds. The Morgan fingerprint density at radius 2 is 0.929 bits per heavy atom. The Hall–Kier alpha value is -7.78. The van der Waals surface area contributed by atoms with Crippen molar-refractivity contribution >= 4 is 48.6 Å². The molecule has 0 spiro atoms. The van der Waals surface area contributed by atoms with Gasteiger partial charge in [0, 0.05) is 26.8 Å². The third kappa shape index (κ3) is 6.58. The maximum absolute atomic E-state index is 2.62. The van der Waals surface area contributed by atoms with Gasteiger partial charge in [-0.15, -0.1) is 11.3 Å². The second-order valence-corrected chi connectivity index (χ2v) is 21.8. The molecule has 0 radical (unpaired) electrons. The molecule has 0 fully saturated rings. The molecular formula is C68H53NS. The normalized spacial score (nSPS) is 14.9. The van der Waals surface area contributed by atoms with Crippen molar-refractivity contribution < 1.29 is 0 Å². The Morgan fingerprint density at radius 3 is 1.66 bits per heavy atom. The third-order valence-electron chi connectivity index (χ3n) is 15.5. The maximum Gasteiger partial charge on any atom is 0.0713 e. The van der Waals surface area contributed by atoms with E-state index < -0.39 is 5.41 Å². The van der Waals surface area contributed by atoms with E-state index in [9.17, 15) is 0 Å². The van der Waals surface area contributed by atoms with Crippen LogP contribution in [0.15, 0.2) is 237 Å². The lowest BCUT2D eigenvalue weighted by Gasteiger charge is -2.34. The third-order valence-corrected chi connectivity index (χ3v) is 16.7. The molecule has 0 aliphatic heterocycles. The van der Waals surface area contributed by atoms with Crippen molar-refractivity contribution in [3.63, 3.8) is 0 Å². The highest BCUT2D eigenvalue weighted by molar-refractivity contribution is 7.26. The van der Waals surface area contributed by atoms with Crippen LogP contribution >= 0.6 is 11.3 Å². The van der Waals surface area contributed by atoms with Gasteiger partial charge in [0.1, 0.15) is 0 Å². The zero-order valence-electron chi connectivity index (χ0n) is 40.1. The molecule has 336 valence electrons. The minimum atomic E-state index is -0.493. The van der Waals surface area contributed by atoms with Crippen LogP contribution in [0.3, 0.4) is 0 Å². The zero-order valence-corrected chi connectivity index (χ0v) is 40.9. The van der Waals surface area contributed by atoms with Crippen LogP contribution in [0, 0.1) is 0 Å². The first kappa shape index (κ1) is 42.3. The molecule has 0 atom stereocenters. The van der Waals surface area contributed by atoms with Crippen LogP contribution in [0.1, 0.15) is 67.5 Å². The number of hydrogen-bond donors (Lipinski definition) is 0. The fourth-order valence-electron chi connectivity index (χ4n) is 12.7. The lowest BCUT2D eigenvalue weighted by atomic mass is 9.67. The molecule has 11 aromatic rings. The first-order valence-electron chi connectivity index (χ1n) is 24.7. The SMILES string of the molecule is CC1(C)CC(C)(C)c2cc3c(cc21)-c1c(-c2cccc(-c4cccc(N(c5ccc(-c6ccccc6)cc5)c5cccc6c5sc5ccccc56)c4)c2)cccc1C3(c1ccccc1)c1ccccc1. The highest BCUT2D eigenvalue weighted by Crippen LogP contribution is 2.62. The van der Waals surface area contributed by atoms with Gasteiger partial charge in [0.05, 0.1) is 15.8 Å². The van der Waals surface area contributed by atoms with E-state index in [1.807, 2.05) is 11.3 Å². The van der Waals surface area contributed by atoms with Gasteiger partial charge in [-0.25, -0.2) is 0 Å². The van der Waals surface area contributed by atoms with Gasteiger partial charge in [-0.3, -0.25) is 0 Å². The molecular weight excluding hydrogens is 863 g/mol. The van der Waals surface area contributed by atoms with Crippen LogP contribution in [-0.4, -0.2) is 0 Å². The summed E-state index contributed by atoms with van der Waals surface area (Å²) in [5, 5.41) is 2.58. The van der Waals surface area contributed by atoms with Crippen molar-refractivity contribution in [2.45, 2.75) is 50.4 Å². The number of anilines is 3. The molecule has 0 bridgehead atoms. The van der Waals surface area contributed by atoms with Crippen LogP contribution in [0.2, 0.25) is 0 Å². The van der Waals surface area contributed by atoms with Crippen molar-refractivity contribution in [1.82, 2.24) is 0 Å². The standard InChI is InChI=1S/C68H53NS/c1-66(2)44-67(3,4)61-43-59-57(42-60(61)66)64-54(31-18-33-58(64)68(59,50-25-10-6-11-26-50)51-27-12-7-13-28-51)49-24-16-22-47(40-49)48-23-17-29-53(41-48)69(52-38-36-46(37-39-52)45-20-8-5-9-21-45)62-34-19-32-56-55-30-14-15-35-63(55)70-65(56)62/h5-43H,44H2,1-4H3. The van der Waals surface area contributed by atoms with Gasteiger partial charge >= 0.3 is 0 Å². The van der Waals surface area contributed by atoms with E-state index in [2.05, 4.69) is 269 Å². The Bertz CT molecular complexity index is 3750.